The van der Waals surface area contributed by atoms with Crippen molar-refractivity contribution in [3.8, 4) is 0 Å². The maximum Gasteiger partial charge on any atom is 0.435 e. The molecule has 0 radical (unpaired) electrons. The fourth-order valence-corrected chi connectivity index (χ4v) is 3.12. The standard InChI is InChI=1S/C19H15F6NO/c1-11-7-12(2)9-15(8-11)17(19(23,24)25)10-16(26-27-17)13-3-5-14(6-4-13)18(20,21)22/h3-9H,10H2,1-2H3. The van der Waals surface area contributed by atoms with Crippen molar-refractivity contribution in [3.05, 3.63) is 70.3 Å². The van der Waals surface area contributed by atoms with Gasteiger partial charge < -0.3 is 4.84 Å². The number of hydrogen-bond donors (Lipinski definition) is 0. The third-order valence-corrected chi connectivity index (χ3v) is 4.42. The first kappa shape index (κ1) is 19.3. The van der Waals surface area contributed by atoms with Crippen molar-refractivity contribution in [2.75, 3.05) is 0 Å². The molecule has 2 aromatic carbocycles. The maximum absolute atomic E-state index is 13.9. The van der Waals surface area contributed by atoms with Gasteiger partial charge in [-0.15, -0.1) is 0 Å². The molecule has 1 atom stereocenters. The van der Waals surface area contributed by atoms with Gasteiger partial charge in [-0.1, -0.05) is 46.6 Å². The smallest absolute Gasteiger partial charge is 0.374 e. The van der Waals surface area contributed by atoms with Crippen LogP contribution >= 0.6 is 0 Å². The number of nitrogens with zero attached hydrogens (tertiary/aromatic N) is 1. The largest absolute Gasteiger partial charge is 0.435 e. The Hall–Kier alpha value is -2.51. The molecule has 1 aliphatic heterocycles. The molecule has 1 heterocycles. The highest BCUT2D eigenvalue weighted by atomic mass is 19.4. The molecule has 1 aliphatic rings. The monoisotopic (exact) mass is 387 g/mol. The highest BCUT2D eigenvalue weighted by Crippen LogP contribution is 2.49. The van der Waals surface area contributed by atoms with E-state index in [0.29, 0.717) is 11.1 Å². The van der Waals surface area contributed by atoms with E-state index in [9.17, 15) is 26.3 Å². The second-order valence-corrected chi connectivity index (χ2v) is 6.58. The molecule has 3 rings (SSSR count). The van der Waals surface area contributed by atoms with Gasteiger partial charge in [0.1, 0.15) is 0 Å². The van der Waals surface area contributed by atoms with Crippen LogP contribution < -0.4 is 0 Å². The molecule has 1 unspecified atom stereocenters. The molecule has 27 heavy (non-hydrogen) atoms. The molecular weight excluding hydrogens is 372 g/mol. The van der Waals surface area contributed by atoms with E-state index in [1.807, 2.05) is 0 Å². The van der Waals surface area contributed by atoms with Gasteiger partial charge in [-0.3, -0.25) is 0 Å². The topological polar surface area (TPSA) is 21.6 Å². The molecule has 8 heteroatoms. The molecule has 0 bridgehead atoms. The van der Waals surface area contributed by atoms with E-state index >= 15 is 0 Å². The van der Waals surface area contributed by atoms with Crippen molar-refractivity contribution in [2.24, 2.45) is 5.16 Å². The Kier molecular flexibility index (Phi) is 4.48. The molecule has 0 saturated carbocycles. The van der Waals surface area contributed by atoms with Crippen LogP contribution in [0.15, 0.2) is 47.6 Å². The zero-order chi connectivity index (χ0) is 20.0. The number of rotatable bonds is 2. The third kappa shape index (κ3) is 3.52. The van der Waals surface area contributed by atoms with Crippen LogP contribution in [-0.4, -0.2) is 11.9 Å². The third-order valence-electron chi connectivity index (χ3n) is 4.42. The van der Waals surface area contributed by atoms with Gasteiger partial charge in [0, 0.05) is 12.0 Å². The lowest BCUT2D eigenvalue weighted by Crippen LogP contribution is -2.42. The first-order valence-corrected chi connectivity index (χ1v) is 8.00. The zero-order valence-electron chi connectivity index (χ0n) is 14.4. The number of alkyl halides is 6. The van der Waals surface area contributed by atoms with Crippen molar-refractivity contribution in [2.45, 2.75) is 38.2 Å². The maximum atomic E-state index is 13.9. The summed E-state index contributed by atoms with van der Waals surface area (Å²) < 4.78 is 79.8. The molecule has 0 aromatic heterocycles. The zero-order valence-corrected chi connectivity index (χ0v) is 14.4. The van der Waals surface area contributed by atoms with Gasteiger partial charge in [-0.2, -0.15) is 26.3 Å². The predicted octanol–water partition coefficient (Wildman–Crippen LogP) is 5.90. The lowest BCUT2D eigenvalue weighted by molar-refractivity contribution is -0.275. The Morgan fingerprint density at radius 1 is 0.889 bits per heavy atom. The Morgan fingerprint density at radius 2 is 1.44 bits per heavy atom. The predicted molar refractivity (Wildman–Crippen MR) is 87.3 cm³/mol. The van der Waals surface area contributed by atoms with Crippen molar-refractivity contribution in [1.29, 1.82) is 0 Å². The van der Waals surface area contributed by atoms with Crippen LogP contribution in [0.25, 0.3) is 0 Å². The first-order chi connectivity index (χ1) is 12.4. The fraction of sp³-hybridized carbons (Fsp3) is 0.316. The Bertz CT molecular complexity index is 862. The van der Waals surface area contributed by atoms with E-state index in [0.717, 1.165) is 24.3 Å². The van der Waals surface area contributed by atoms with Gasteiger partial charge in [0.25, 0.3) is 5.60 Å². The average Bonchev–Trinajstić information content (AvgIpc) is 3.00. The number of benzene rings is 2. The Balaban J connectivity index is 1.97. The molecule has 0 aliphatic carbocycles. The van der Waals surface area contributed by atoms with E-state index < -0.39 is 29.9 Å². The number of aryl methyl sites for hydroxylation is 2. The number of hydrogen-bond acceptors (Lipinski definition) is 2. The average molecular weight is 387 g/mol. The molecule has 2 nitrogen and oxygen atoms in total. The second-order valence-electron chi connectivity index (χ2n) is 6.58. The highest BCUT2D eigenvalue weighted by molar-refractivity contribution is 6.01. The quantitative estimate of drug-likeness (QED) is 0.588. The molecule has 2 aromatic rings. The van der Waals surface area contributed by atoms with Crippen LogP contribution in [0.2, 0.25) is 0 Å². The van der Waals surface area contributed by atoms with Gasteiger partial charge in [0.05, 0.1) is 11.3 Å². The summed E-state index contributed by atoms with van der Waals surface area (Å²) in [4.78, 5) is 4.91. The van der Waals surface area contributed by atoms with E-state index in [-0.39, 0.29) is 16.8 Å². The van der Waals surface area contributed by atoms with E-state index in [4.69, 9.17) is 4.84 Å². The lowest BCUT2D eigenvalue weighted by atomic mass is 9.85. The van der Waals surface area contributed by atoms with Gasteiger partial charge >= 0.3 is 12.4 Å². The molecule has 144 valence electrons. The summed E-state index contributed by atoms with van der Waals surface area (Å²) in [6.45, 7) is 3.35. The van der Waals surface area contributed by atoms with Gasteiger partial charge in [0.2, 0.25) is 0 Å². The van der Waals surface area contributed by atoms with Gasteiger partial charge in [-0.05, 0) is 31.5 Å². The van der Waals surface area contributed by atoms with Gasteiger partial charge in [-0.25, -0.2) is 0 Å². The summed E-state index contributed by atoms with van der Waals surface area (Å²) >= 11 is 0. The molecule has 0 saturated heterocycles. The summed E-state index contributed by atoms with van der Waals surface area (Å²) in [5.74, 6) is 0. The molecule has 0 amide bonds. The van der Waals surface area contributed by atoms with E-state index in [1.165, 1.54) is 12.1 Å². The second kappa shape index (κ2) is 6.28. The summed E-state index contributed by atoms with van der Waals surface area (Å²) in [5.41, 5.74) is -2.26. The van der Waals surface area contributed by atoms with Crippen molar-refractivity contribution < 1.29 is 31.2 Å². The van der Waals surface area contributed by atoms with Crippen LogP contribution in [0, 0.1) is 13.8 Å². The Morgan fingerprint density at radius 3 is 1.93 bits per heavy atom. The van der Waals surface area contributed by atoms with Crippen LogP contribution in [-0.2, 0) is 16.6 Å². The normalized spacial score (nSPS) is 20.4. The first-order valence-electron chi connectivity index (χ1n) is 8.00. The molecule has 0 N–H and O–H groups in total. The molecule has 0 fully saturated rings. The Labute approximate surface area is 151 Å². The minimum atomic E-state index is -4.76. The van der Waals surface area contributed by atoms with Crippen LogP contribution in [0.1, 0.15) is 34.2 Å². The summed E-state index contributed by atoms with van der Waals surface area (Å²) in [7, 11) is 0. The van der Waals surface area contributed by atoms with E-state index in [1.54, 1.807) is 19.9 Å². The van der Waals surface area contributed by atoms with E-state index in [2.05, 4.69) is 5.16 Å². The molecular formula is C19H15F6NO. The number of oxime groups is 1. The van der Waals surface area contributed by atoms with Crippen molar-refractivity contribution >= 4 is 5.71 Å². The van der Waals surface area contributed by atoms with Crippen LogP contribution in [0.5, 0.6) is 0 Å². The summed E-state index contributed by atoms with van der Waals surface area (Å²) in [5, 5.41) is 3.57. The minimum Gasteiger partial charge on any atom is -0.374 e. The van der Waals surface area contributed by atoms with Gasteiger partial charge in [0.15, 0.2) is 0 Å². The minimum absolute atomic E-state index is 0.0554. The molecule has 0 spiro atoms. The summed E-state index contributed by atoms with van der Waals surface area (Å²) in [6, 6.07) is 8.31. The number of halogens is 6. The van der Waals surface area contributed by atoms with Crippen LogP contribution in [0.3, 0.4) is 0 Å². The van der Waals surface area contributed by atoms with Crippen molar-refractivity contribution in [1.82, 2.24) is 0 Å². The SMILES string of the molecule is Cc1cc(C)cc(C2(C(F)(F)F)CC(c3ccc(C(F)(F)F)cc3)=NO2)c1. The summed E-state index contributed by atoms with van der Waals surface area (Å²) in [6.07, 6.45) is -9.91. The highest BCUT2D eigenvalue weighted by Gasteiger charge is 2.62. The fourth-order valence-electron chi connectivity index (χ4n) is 3.12. The van der Waals surface area contributed by atoms with Crippen molar-refractivity contribution in [3.63, 3.8) is 0 Å². The lowest BCUT2D eigenvalue weighted by Gasteiger charge is -2.30. The van der Waals surface area contributed by atoms with Crippen LogP contribution in [0.4, 0.5) is 26.3 Å².